The van der Waals surface area contributed by atoms with E-state index in [0.717, 1.165) is 19.2 Å². The predicted octanol–water partition coefficient (Wildman–Crippen LogP) is 3.59. The summed E-state index contributed by atoms with van der Waals surface area (Å²) in [5.41, 5.74) is -0.510. The van der Waals surface area contributed by atoms with Gasteiger partial charge in [-0.1, -0.05) is 32.9 Å². The van der Waals surface area contributed by atoms with Gasteiger partial charge in [0, 0.05) is 6.42 Å². The van der Waals surface area contributed by atoms with Crippen LogP contribution in [0.4, 0.5) is 8.78 Å². The summed E-state index contributed by atoms with van der Waals surface area (Å²) in [5, 5.41) is 0. The Morgan fingerprint density at radius 3 is 2.30 bits per heavy atom. The average molecular weight is 283 g/mol. The number of likely N-dealkylation sites (N-methyl/N-ethyl adjacent to an activating group) is 1. The van der Waals surface area contributed by atoms with Crippen molar-refractivity contribution in [3.8, 4) is 0 Å². The molecule has 0 saturated carbocycles. The fourth-order valence-corrected chi connectivity index (χ4v) is 2.57. The van der Waals surface area contributed by atoms with E-state index in [9.17, 15) is 13.6 Å². The van der Waals surface area contributed by atoms with Crippen molar-refractivity contribution in [2.24, 2.45) is 0 Å². The van der Waals surface area contributed by atoms with Crippen molar-refractivity contribution in [3.63, 3.8) is 0 Å². The lowest BCUT2D eigenvalue weighted by atomic mass is 9.87. The first-order valence-electron chi connectivity index (χ1n) is 7.11. The lowest BCUT2D eigenvalue weighted by molar-refractivity contribution is -0.129. The topological polar surface area (TPSA) is 20.3 Å². The van der Waals surface area contributed by atoms with Crippen LogP contribution in [0.1, 0.15) is 39.7 Å². The third-order valence-corrected chi connectivity index (χ3v) is 4.13. The van der Waals surface area contributed by atoms with Crippen molar-refractivity contribution in [2.45, 2.75) is 46.1 Å². The molecule has 112 valence electrons. The zero-order valence-corrected chi connectivity index (χ0v) is 12.7. The number of hydrogen-bond donors (Lipinski definition) is 0. The van der Waals surface area contributed by atoms with Gasteiger partial charge in [0.1, 0.15) is 0 Å². The second kappa shape index (κ2) is 6.93. The molecular formula is C16H23F2NO. The molecule has 1 aromatic rings. The van der Waals surface area contributed by atoms with Crippen molar-refractivity contribution in [2.75, 3.05) is 13.1 Å². The molecule has 0 N–H and O–H groups in total. The number of Topliss-reactive ketones (excluding diaryl/α,β-unsaturated/α-hetero) is 1. The van der Waals surface area contributed by atoms with Crippen molar-refractivity contribution in [3.05, 3.63) is 35.4 Å². The molecule has 0 bridgehead atoms. The Morgan fingerprint density at radius 2 is 1.80 bits per heavy atom. The first-order valence-corrected chi connectivity index (χ1v) is 7.11. The van der Waals surface area contributed by atoms with Gasteiger partial charge in [0.25, 0.3) is 0 Å². The van der Waals surface area contributed by atoms with Gasteiger partial charge in [-0.05, 0) is 38.1 Å². The lowest BCUT2D eigenvalue weighted by Crippen LogP contribution is -2.52. The molecule has 0 saturated heterocycles. The minimum absolute atomic E-state index is 0.0757. The second-order valence-corrected chi connectivity index (χ2v) is 5.11. The molecule has 0 radical (unpaired) electrons. The molecule has 0 heterocycles. The summed E-state index contributed by atoms with van der Waals surface area (Å²) in [6.07, 6.45) is 0.564. The maximum absolute atomic E-state index is 13.7. The van der Waals surface area contributed by atoms with Gasteiger partial charge in [-0.3, -0.25) is 9.69 Å². The fraction of sp³-hybridized carbons (Fsp3) is 0.562. The SMILES string of the molecule is CCN(CC)C(C)(CC)C(=O)Cc1cccc(F)c1F. The maximum atomic E-state index is 13.7. The smallest absolute Gasteiger partial charge is 0.162 e. The van der Waals surface area contributed by atoms with Crippen LogP contribution in [0.5, 0.6) is 0 Å². The summed E-state index contributed by atoms with van der Waals surface area (Å²) >= 11 is 0. The van der Waals surface area contributed by atoms with E-state index >= 15 is 0 Å². The van der Waals surface area contributed by atoms with Crippen LogP contribution < -0.4 is 0 Å². The molecule has 0 aliphatic rings. The number of carbonyl (C=O) groups is 1. The molecule has 4 heteroatoms. The third kappa shape index (κ3) is 3.23. The van der Waals surface area contributed by atoms with Crippen LogP contribution in [0, 0.1) is 11.6 Å². The highest BCUT2D eigenvalue weighted by Crippen LogP contribution is 2.23. The van der Waals surface area contributed by atoms with Crippen LogP contribution in [0.15, 0.2) is 18.2 Å². The molecule has 1 aromatic carbocycles. The number of benzene rings is 1. The zero-order valence-electron chi connectivity index (χ0n) is 12.7. The molecule has 2 nitrogen and oxygen atoms in total. The zero-order chi connectivity index (χ0) is 15.3. The molecule has 0 fully saturated rings. The molecule has 1 unspecified atom stereocenters. The van der Waals surface area contributed by atoms with E-state index in [2.05, 4.69) is 4.90 Å². The van der Waals surface area contributed by atoms with Crippen molar-refractivity contribution < 1.29 is 13.6 Å². The molecule has 0 aromatic heterocycles. The Morgan fingerprint density at radius 1 is 1.20 bits per heavy atom. The number of carbonyl (C=O) groups excluding carboxylic acids is 1. The molecule has 0 aliphatic heterocycles. The average Bonchev–Trinajstić information content (AvgIpc) is 2.44. The maximum Gasteiger partial charge on any atom is 0.162 e. The summed E-state index contributed by atoms with van der Waals surface area (Å²) in [6, 6.07) is 3.96. The number of rotatable bonds is 7. The van der Waals surface area contributed by atoms with E-state index < -0.39 is 17.2 Å². The summed E-state index contributed by atoms with van der Waals surface area (Å²) in [6.45, 7) is 9.30. The van der Waals surface area contributed by atoms with E-state index in [-0.39, 0.29) is 17.8 Å². The van der Waals surface area contributed by atoms with Crippen LogP contribution >= 0.6 is 0 Å². The van der Waals surface area contributed by atoms with Gasteiger partial charge in [0.15, 0.2) is 17.4 Å². The summed E-state index contributed by atoms with van der Waals surface area (Å²) in [7, 11) is 0. The van der Waals surface area contributed by atoms with Gasteiger partial charge in [-0.15, -0.1) is 0 Å². The molecule has 20 heavy (non-hydrogen) atoms. The van der Waals surface area contributed by atoms with Gasteiger partial charge in [-0.2, -0.15) is 0 Å². The van der Waals surface area contributed by atoms with Crippen LogP contribution in [-0.2, 0) is 11.2 Å². The summed E-state index contributed by atoms with van der Waals surface area (Å²) in [5.74, 6) is -1.90. The van der Waals surface area contributed by atoms with E-state index in [1.165, 1.54) is 12.1 Å². The van der Waals surface area contributed by atoms with E-state index in [0.29, 0.717) is 6.42 Å². The third-order valence-electron chi connectivity index (χ3n) is 4.13. The first kappa shape index (κ1) is 16.8. The van der Waals surface area contributed by atoms with Gasteiger partial charge in [-0.25, -0.2) is 8.78 Å². The molecule has 1 atom stereocenters. The van der Waals surface area contributed by atoms with Crippen LogP contribution in [0.25, 0.3) is 0 Å². The Kier molecular flexibility index (Phi) is 5.81. The van der Waals surface area contributed by atoms with E-state index in [4.69, 9.17) is 0 Å². The van der Waals surface area contributed by atoms with E-state index in [1.54, 1.807) is 0 Å². The monoisotopic (exact) mass is 283 g/mol. The highest BCUT2D eigenvalue weighted by Gasteiger charge is 2.36. The lowest BCUT2D eigenvalue weighted by Gasteiger charge is -2.38. The summed E-state index contributed by atoms with van der Waals surface area (Å²) < 4.78 is 26.9. The number of ketones is 1. The molecule has 0 aliphatic carbocycles. The van der Waals surface area contributed by atoms with Crippen LogP contribution in [0.3, 0.4) is 0 Å². The molecule has 0 amide bonds. The summed E-state index contributed by atoms with van der Waals surface area (Å²) in [4.78, 5) is 14.6. The normalized spacial score (nSPS) is 14.3. The molecular weight excluding hydrogens is 260 g/mol. The van der Waals surface area contributed by atoms with Crippen molar-refractivity contribution >= 4 is 5.78 Å². The predicted molar refractivity (Wildman–Crippen MR) is 76.7 cm³/mol. The van der Waals surface area contributed by atoms with Crippen LogP contribution in [0.2, 0.25) is 0 Å². The Labute approximate surface area is 119 Å². The standard InChI is InChI=1S/C16H23F2NO/c1-5-16(4,19(6-2)7-3)14(20)11-12-9-8-10-13(17)15(12)18/h8-10H,5-7,11H2,1-4H3. The fourth-order valence-electron chi connectivity index (χ4n) is 2.57. The first-order chi connectivity index (χ1) is 9.40. The van der Waals surface area contributed by atoms with Crippen molar-refractivity contribution in [1.82, 2.24) is 4.90 Å². The van der Waals surface area contributed by atoms with E-state index in [1.807, 2.05) is 27.7 Å². The van der Waals surface area contributed by atoms with Gasteiger partial charge < -0.3 is 0 Å². The number of hydrogen-bond acceptors (Lipinski definition) is 2. The second-order valence-electron chi connectivity index (χ2n) is 5.11. The van der Waals surface area contributed by atoms with Gasteiger partial charge in [0.2, 0.25) is 0 Å². The highest BCUT2D eigenvalue weighted by atomic mass is 19.2. The Balaban J connectivity index is 3.01. The quantitative estimate of drug-likeness (QED) is 0.762. The highest BCUT2D eigenvalue weighted by molar-refractivity contribution is 5.89. The number of halogens is 2. The minimum Gasteiger partial charge on any atom is -0.297 e. The molecule has 0 spiro atoms. The van der Waals surface area contributed by atoms with Crippen molar-refractivity contribution in [1.29, 1.82) is 0 Å². The Hall–Kier alpha value is -1.29. The van der Waals surface area contributed by atoms with Crippen LogP contribution in [-0.4, -0.2) is 29.3 Å². The Bertz CT molecular complexity index is 472. The number of nitrogens with zero attached hydrogens (tertiary/aromatic N) is 1. The minimum atomic E-state index is -0.918. The van der Waals surface area contributed by atoms with Gasteiger partial charge >= 0.3 is 0 Å². The molecule has 1 rings (SSSR count). The largest absolute Gasteiger partial charge is 0.297 e. The van der Waals surface area contributed by atoms with Gasteiger partial charge in [0.05, 0.1) is 5.54 Å².